The van der Waals surface area contributed by atoms with Crippen molar-refractivity contribution >= 4 is 16.9 Å². The molecular formula is C14H17NO2. The Morgan fingerprint density at radius 2 is 2.12 bits per heavy atom. The number of carbonyl (C=O) groups is 1. The molecule has 2 N–H and O–H groups in total. The lowest BCUT2D eigenvalue weighted by Gasteiger charge is -2.06. The van der Waals surface area contributed by atoms with E-state index in [4.69, 9.17) is 0 Å². The molecule has 1 aromatic heterocycles. The van der Waals surface area contributed by atoms with Gasteiger partial charge in [-0.05, 0) is 35.6 Å². The molecule has 0 fully saturated rings. The number of benzene rings is 1. The van der Waals surface area contributed by atoms with Crippen LogP contribution in [0.3, 0.4) is 0 Å². The molecule has 2 rings (SSSR count). The van der Waals surface area contributed by atoms with Crippen LogP contribution < -0.4 is 0 Å². The van der Waals surface area contributed by atoms with Crippen LogP contribution in [0, 0.1) is 0 Å². The number of carboxylic acid groups (broad SMARTS) is 1. The fourth-order valence-corrected chi connectivity index (χ4v) is 2.16. The Hall–Kier alpha value is -1.77. The molecule has 0 saturated heterocycles. The summed E-state index contributed by atoms with van der Waals surface area (Å²) in [5, 5.41) is 10.3. The van der Waals surface area contributed by atoms with Gasteiger partial charge in [-0.15, -0.1) is 0 Å². The van der Waals surface area contributed by atoms with Crippen LogP contribution in [0.1, 0.15) is 48.2 Å². The first-order chi connectivity index (χ1) is 8.04. The van der Waals surface area contributed by atoms with Gasteiger partial charge in [-0.25, -0.2) is 4.79 Å². The number of aromatic nitrogens is 1. The number of hydrogen-bond donors (Lipinski definition) is 2. The summed E-state index contributed by atoms with van der Waals surface area (Å²) in [5.41, 5.74) is 3.35. The van der Waals surface area contributed by atoms with Crippen molar-refractivity contribution in [3.05, 3.63) is 35.0 Å². The maximum absolute atomic E-state index is 11.2. The van der Waals surface area contributed by atoms with Crippen molar-refractivity contribution in [1.82, 2.24) is 4.98 Å². The molecule has 3 nitrogen and oxygen atoms in total. The molecule has 0 bridgehead atoms. The first-order valence-corrected chi connectivity index (χ1v) is 5.91. The molecule has 17 heavy (non-hydrogen) atoms. The number of hydrogen-bond acceptors (Lipinski definition) is 1. The van der Waals surface area contributed by atoms with Crippen molar-refractivity contribution in [3.63, 3.8) is 0 Å². The van der Waals surface area contributed by atoms with Crippen LogP contribution in [0.2, 0.25) is 0 Å². The Morgan fingerprint density at radius 3 is 2.65 bits per heavy atom. The average molecular weight is 231 g/mol. The molecule has 0 aliphatic heterocycles. The SMILES string of the molecule is CCc1cc(C(=O)O)c2[nH]cc(C(C)C)c2c1. The zero-order valence-electron chi connectivity index (χ0n) is 10.4. The Labute approximate surface area is 100 Å². The van der Waals surface area contributed by atoms with Gasteiger partial charge in [-0.2, -0.15) is 0 Å². The Kier molecular flexibility index (Phi) is 2.92. The summed E-state index contributed by atoms with van der Waals surface area (Å²) in [6.07, 6.45) is 2.76. The number of carboxylic acids is 1. The van der Waals surface area contributed by atoms with Gasteiger partial charge >= 0.3 is 5.97 Å². The minimum Gasteiger partial charge on any atom is -0.478 e. The van der Waals surface area contributed by atoms with Gasteiger partial charge in [0.05, 0.1) is 11.1 Å². The molecule has 0 spiro atoms. The standard InChI is InChI=1S/C14H17NO2/c1-4-9-5-10-12(8(2)3)7-15-13(10)11(6-9)14(16)17/h5-8,15H,4H2,1-3H3,(H,16,17). The summed E-state index contributed by atoms with van der Waals surface area (Å²) in [6, 6.07) is 3.85. The minimum absolute atomic E-state index is 0.367. The smallest absolute Gasteiger partial charge is 0.337 e. The minimum atomic E-state index is -0.873. The van der Waals surface area contributed by atoms with E-state index in [2.05, 4.69) is 24.9 Å². The van der Waals surface area contributed by atoms with E-state index in [9.17, 15) is 9.90 Å². The summed E-state index contributed by atoms with van der Waals surface area (Å²) >= 11 is 0. The van der Waals surface area contributed by atoms with E-state index in [1.807, 2.05) is 13.1 Å². The van der Waals surface area contributed by atoms with Gasteiger partial charge in [0, 0.05) is 11.6 Å². The molecule has 90 valence electrons. The van der Waals surface area contributed by atoms with E-state index in [0.717, 1.165) is 22.9 Å². The first kappa shape index (κ1) is 11.7. The molecule has 2 aromatic rings. The average Bonchev–Trinajstić information content (AvgIpc) is 2.70. The number of aryl methyl sites for hydroxylation is 1. The first-order valence-electron chi connectivity index (χ1n) is 5.91. The largest absolute Gasteiger partial charge is 0.478 e. The van der Waals surface area contributed by atoms with Crippen molar-refractivity contribution < 1.29 is 9.90 Å². The van der Waals surface area contributed by atoms with Crippen LogP contribution in [0.25, 0.3) is 10.9 Å². The quantitative estimate of drug-likeness (QED) is 0.848. The monoisotopic (exact) mass is 231 g/mol. The predicted molar refractivity (Wildman–Crippen MR) is 68.7 cm³/mol. The molecule has 3 heteroatoms. The zero-order valence-corrected chi connectivity index (χ0v) is 10.4. The molecule has 0 amide bonds. The summed E-state index contributed by atoms with van der Waals surface area (Å²) in [6.45, 7) is 6.26. The van der Waals surface area contributed by atoms with Gasteiger partial charge in [0.1, 0.15) is 0 Å². The highest BCUT2D eigenvalue weighted by molar-refractivity contribution is 6.03. The van der Waals surface area contributed by atoms with Crippen LogP contribution in [0.15, 0.2) is 18.3 Å². The molecule has 0 aliphatic carbocycles. The van der Waals surface area contributed by atoms with Gasteiger partial charge in [0.2, 0.25) is 0 Å². The Morgan fingerprint density at radius 1 is 1.41 bits per heavy atom. The summed E-state index contributed by atoms with van der Waals surface area (Å²) in [5.74, 6) is -0.486. The van der Waals surface area contributed by atoms with Crippen molar-refractivity contribution in [1.29, 1.82) is 0 Å². The number of fused-ring (bicyclic) bond motifs is 1. The van der Waals surface area contributed by atoms with Gasteiger partial charge in [-0.1, -0.05) is 20.8 Å². The zero-order chi connectivity index (χ0) is 12.6. The highest BCUT2D eigenvalue weighted by Crippen LogP contribution is 2.29. The van der Waals surface area contributed by atoms with E-state index in [1.165, 1.54) is 5.56 Å². The normalized spacial score (nSPS) is 11.3. The summed E-state index contributed by atoms with van der Waals surface area (Å²) in [4.78, 5) is 14.3. The third-order valence-electron chi connectivity index (χ3n) is 3.14. The lowest BCUT2D eigenvalue weighted by atomic mass is 9.98. The maximum Gasteiger partial charge on any atom is 0.337 e. The van der Waals surface area contributed by atoms with Gasteiger partial charge in [0.15, 0.2) is 0 Å². The molecule has 0 aliphatic rings. The van der Waals surface area contributed by atoms with Gasteiger partial charge < -0.3 is 10.1 Å². The van der Waals surface area contributed by atoms with Crippen LogP contribution in [0.5, 0.6) is 0 Å². The van der Waals surface area contributed by atoms with E-state index < -0.39 is 5.97 Å². The molecule has 0 radical (unpaired) electrons. The second-order valence-electron chi connectivity index (χ2n) is 4.62. The third kappa shape index (κ3) is 1.93. The molecule has 0 saturated carbocycles. The van der Waals surface area contributed by atoms with E-state index in [-0.39, 0.29) is 0 Å². The summed E-state index contributed by atoms with van der Waals surface area (Å²) < 4.78 is 0. The number of nitrogens with one attached hydrogen (secondary N) is 1. The van der Waals surface area contributed by atoms with Crippen molar-refractivity contribution in [2.45, 2.75) is 33.1 Å². The molecular weight excluding hydrogens is 214 g/mol. The number of aromatic amines is 1. The Bertz CT molecular complexity index is 567. The van der Waals surface area contributed by atoms with Gasteiger partial charge in [0.25, 0.3) is 0 Å². The van der Waals surface area contributed by atoms with Crippen molar-refractivity contribution in [2.24, 2.45) is 0 Å². The highest BCUT2D eigenvalue weighted by atomic mass is 16.4. The van der Waals surface area contributed by atoms with Crippen LogP contribution in [-0.4, -0.2) is 16.1 Å². The summed E-state index contributed by atoms with van der Waals surface area (Å²) in [7, 11) is 0. The third-order valence-corrected chi connectivity index (χ3v) is 3.14. The second kappa shape index (κ2) is 4.24. The van der Waals surface area contributed by atoms with Gasteiger partial charge in [-0.3, -0.25) is 0 Å². The van der Waals surface area contributed by atoms with Crippen molar-refractivity contribution in [3.8, 4) is 0 Å². The van der Waals surface area contributed by atoms with E-state index in [0.29, 0.717) is 11.5 Å². The van der Waals surface area contributed by atoms with Crippen LogP contribution in [0.4, 0.5) is 0 Å². The predicted octanol–water partition coefficient (Wildman–Crippen LogP) is 3.55. The molecule has 1 aromatic carbocycles. The van der Waals surface area contributed by atoms with Crippen molar-refractivity contribution in [2.75, 3.05) is 0 Å². The number of aromatic carboxylic acids is 1. The number of H-pyrrole nitrogens is 1. The second-order valence-corrected chi connectivity index (χ2v) is 4.62. The highest BCUT2D eigenvalue weighted by Gasteiger charge is 2.15. The Balaban J connectivity index is 2.78. The number of rotatable bonds is 3. The van der Waals surface area contributed by atoms with Crippen LogP contribution >= 0.6 is 0 Å². The fourth-order valence-electron chi connectivity index (χ4n) is 2.16. The maximum atomic E-state index is 11.2. The lowest BCUT2D eigenvalue weighted by Crippen LogP contribution is -1.99. The molecule has 0 atom stereocenters. The molecule has 0 unspecified atom stereocenters. The topological polar surface area (TPSA) is 53.1 Å². The van der Waals surface area contributed by atoms with Crippen LogP contribution in [-0.2, 0) is 6.42 Å². The fraction of sp³-hybridized carbons (Fsp3) is 0.357. The van der Waals surface area contributed by atoms with E-state index >= 15 is 0 Å². The van der Waals surface area contributed by atoms with E-state index in [1.54, 1.807) is 6.07 Å². The molecule has 1 heterocycles. The lowest BCUT2D eigenvalue weighted by molar-refractivity contribution is 0.0698.